The van der Waals surface area contributed by atoms with E-state index >= 15 is 0 Å². The smallest absolute Gasteiger partial charge is 0.270 e. The van der Waals surface area contributed by atoms with Gasteiger partial charge in [-0.1, -0.05) is 24.6 Å². The van der Waals surface area contributed by atoms with E-state index in [9.17, 15) is 4.79 Å². The molecule has 5 nitrogen and oxygen atoms in total. The lowest BCUT2D eigenvalue weighted by molar-refractivity contribution is 0.0934. The number of amides is 1. The number of rotatable bonds is 5. The molecule has 1 aromatic heterocycles. The molecule has 2 rings (SSSR count). The van der Waals surface area contributed by atoms with Gasteiger partial charge in [0.1, 0.15) is 5.69 Å². The van der Waals surface area contributed by atoms with E-state index in [2.05, 4.69) is 20.6 Å². The highest BCUT2D eigenvalue weighted by Crippen LogP contribution is 2.24. The van der Waals surface area contributed by atoms with Crippen molar-refractivity contribution < 1.29 is 4.79 Å². The van der Waals surface area contributed by atoms with Crippen LogP contribution in [0.15, 0.2) is 30.5 Å². The van der Waals surface area contributed by atoms with Gasteiger partial charge in [-0.05, 0) is 44.0 Å². The van der Waals surface area contributed by atoms with Gasteiger partial charge in [-0.15, -0.1) is 0 Å². The van der Waals surface area contributed by atoms with Crippen molar-refractivity contribution in [2.75, 3.05) is 5.32 Å². The lowest BCUT2D eigenvalue weighted by Gasteiger charge is -2.12. The minimum atomic E-state index is -0.206. The SMILES string of the molecule is CCC(C)NC(=O)c1ccnc(Nc2cccc(Cl)c2C)n1. The van der Waals surface area contributed by atoms with Crippen LogP contribution in [0.2, 0.25) is 5.02 Å². The summed E-state index contributed by atoms with van der Waals surface area (Å²) < 4.78 is 0. The maximum absolute atomic E-state index is 12.1. The van der Waals surface area contributed by atoms with Crippen LogP contribution < -0.4 is 10.6 Å². The Morgan fingerprint density at radius 2 is 2.14 bits per heavy atom. The summed E-state index contributed by atoms with van der Waals surface area (Å²) in [4.78, 5) is 20.5. The van der Waals surface area contributed by atoms with E-state index in [-0.39, 0.29) is 11.9 Å². The first-order valence-electron chi connectivity index (χ1n) is 7.17. The van der Waals surface area contributed by atoms with Crippen LogP contribution in [0.3, 0.4) is 0 Å². The normalized spacial score (nSPS) is 11.8. The van der Waals surface area contributed by atoms with E-state index in [4.69, 9.17) is 11.6 Å². The largest absolute Gasteiger partial charge is 0.348 e. The second-order valence-corrected chi connectivity index (χ2v) is 5.49. The number of anilines is 2. The van der Waals surface area contributed by atoms with E-state index in [1.165, 1.54) is 0 Å². The molecule has 22 heavy (non-hydrogen) atoms. The van der Waals surface area contributed by atoms with Gasteiger partial charge in [-0.3, -0.25) is 4.79 Å². The third-order valence-electron chi connectivity index (χ3n) is 3.39. The fourth-order valence-electron chi connectivity index (χ4n) is 1.81. The van der Waals surface area contributed by atoms with Crippen LogP contribution in [0.4, 0.5) is 11.6 Å². The summed E-state index contributed by atoms with van der Waals surface area (Å²) in [6.07, 6.45) is 2.42. The van der Waals surface area contributed by atoms with E-state index in [0.29, 0.717) is 16.7 Å². The number of carbonyl (C=O) groups is 1. The molecule has 1 unspecified atom stereocenters. The van der Waals surface area contributed by atoms with Crippen molar-refractivity contribution in [3.05, 3.63) is 46.7 Å². The summed E-state index contributed by atoms with van der Waals surface area (Å²) in [5, 5.41) is 6.63. The highest BCUT2D eigenvalue weighted by atomic mass is 35.5. The van der Waals surface area contributed by atoms with Crippen LogP contribution in [-0.4, -0.2) is 21.9 Å². The van der Waals surface area contributed by atoms with Crippen LogP contribution in [0.5, 0.6) is 0 Å². The van der Waals surface area contributed by atoms with Crippen molar-refractivity contribution in [2.45, 2.75) is 33.2 Å². The number of aromatic nitrogens is 2. The van der Waals surface area contributed by atoms with Crippen molar-refractivity contribution in [3.8, 4) is 0 Å². The van der Waals surface area contributed by atoms with Crippen molar-refractivity contribution in [3.63, 3.8) is 0 Å². The van der Waals surface area contributed by atoms with Crippen molar-refractivity contribution in [1.29, 1.82) is 0 Å². The molecule has 1 heterocycles. The Morgan fingerprint density at radius 1 is 1.36 bits per heavy atom. The van der Waals surface area contributed by atoms with E-state index in [1.54, 1.807) is 12.3 Å². The number of hydrogen-bond acceptors (Lipinski definition) is 4. The fourth-order valence-corrected chi connectivity index (χ4v) is 1.98. The third-order valence-corrected chi connectivity index (χ3v) is 3.80. The van der Waals surface area contributed by atoms with Crippen LogP contribution in [0, 0.1) is 6.92 Å². The molecule has 0 fully saturated rings. The Bertz CT molecular complexity index is 675. The van der Waals surface area contributed by atoms with Gasteiger partial charge in [-0.25, -0.2) is 9.97 Å². The molecule has 1 atom stereocenters. The molecule has 0 spiro atoms. The monoisotopic (exact) mass is 318 g/mol. The van der Waals surface area contributed by atoms with Crippen molar-refractivity contribution >= 4 is 29.1 Å². The Balaban J connectivity index is 2.18. The van der Waals surface area contributed by atoms with Gasteiger partial charge in [0.25, 0.3) is 5.91 Å². The van der Waals surface area contributed by atoms with Gasteiger partial charge in [0.05, 0.1) is 0 Å². The molecule has 0 aliphatic rings. The first-order valence-corrected chi connectivity index (χ1v) is 7.55. The average Bonchev–Trinajstić information content (AvgIpc) is 2.52. The van der Waals surface area contributed by atoms with Crippen LogP contribution >= 0.6 is 11.6 Å². The maximum atomic E-state index is 12.1. The quantitative estimate of drug-likeness (QED) is 0.882. The van der Waals surface area contributed by atoms with Gasteiger partial charge in [0.15, 0.2) is 0 Å². The Hall–Kier alpha value is -2.14. The summed E-state index contributed by atoms with van der Waals surface area (Å²) >= 11 is 6.09. The number of hydrogen-bond donors (Lipinski definition) is 2. The molecule has 0 aliphatic heterocycles. The number of carbonyl (C=O) groups excluding carboxylic acids is 1. The first kappa shape index (κ1) is 16.2. The van der Waals surface area contributed by atoms with Crippen LogP contribution in [0.1, 0.15) is 36.3 Å². The zero-order chi connectivity index (χ0) is 16.1. The number of halogens is 1. The molecule has 1 amide bonds. The molecular weight excluding hydrogens is 300 g/mol. The van der Waals surface area contributed by atoms with Gasteiger partial charge in [-0.2, -0.15) is 0 Å². The molecule has 2 aromatic rings. The van der Waals surface area contributed by atoms with E-state index in [1.807, 2.05) is 39.0 Å². The van der Waals surface area contributed by atoms with Crippen LogP contribution in [-0.2, 0) is 0 Å². The molecule has 0 radical (unpaired) electrons. The summed E-state index contributed by atoms with van der Waals surface area (Å²) in [6, 6.07) is 7.24. The zero-order valence-electron chi connectivity index (χ0n) is 12.9. The Labute approximate surface area is 135 Å². The molecule has 0 aliphatic carbocycles. The van der Waals surface area contributed by atoms with E-state index in [0.717, 1.165) is 17.7 Å². The highest BCUT2D eigenvalue weighted by molar-refractivity contribution is 6.31. The molecule has 1 aromatic carbocycles. The standard InChI is InChI=1S/C16H19ClN4O/c1-4-10(2)19-15(22)14-8-9-18-16(21-14)20-13-7-5-6-12(17)11(13)3/h5-10H,4H2,1-3H3,(H,19,22)(H,18,20,21). The van der Waals surface area contributed by atoms with Gasteiger partial charge < -0.3 is 10.6 Å². The lowest BCUT2D eigenvalue weighted by Crippen LogP contribution is -2.32. The van der Waals surface area contributed by atoms with E-state index < -0.39 is 0 Å². The summed E-state index contributed by atoms with van der Waals surface area (Å²) in [7, 11) is 0. The second-order valence-electron chi connectivity index (χ2n) is 5.09. The number of nitrogens with one attached hydrogen (secondary N) is 2. The van der Waals surface area contributed by atoms with Gasteiger partial charge in [0, 0.05) is 22.9 Å². The minimum absolute atomic E-state index is 0.106. The Morgan fingerprint density at radius 3 is 2.86 bits per heavy atom. The molecule has 0 bridgehead atoms. The van der Waals surface area contributed by atoms with Gasteiger partial charge >= 0.3 is 0 Å². The maximum Gasteiger partial charge on any atom is 0.270 e. The second kappa shape index (κ2) is 7.22. The summed E-state index contributed by atoms with van der Waals surface area (Å²) in [5.74, 6) is 0.157. The molecule has 116 valence electrons. The zero-order valence-corrected chi connectivity index (χ0v) is 13.6. The van der Waals surface area contributed by atoms with Gasteiger partial charge in [0.2, 0.25) is 5.95 Å². The molecule has 6 heteroatoms. The highest BCUT2D eigenvalue weighted by Gasteiger charge is 2.11. The van der Waals surface area contributed by atoms with Crippen molar-refractivity contribution in [2.24, 2.45) is 0 Å². The molecule has 0 saturated carbocycles. The Kier molecular flexibility index (Phi) is 5.33. The average molecular weight is 319 g/mol. The fraction of sp³-hybridized carbons (Fsp3) is 0.312. The predicted molar refractivity (Wildman–Crippen MR) is 88.7 cm³/mol. The predicted octanol–water partition coefficient (Wildman–Crippen LogP) is 3.71. The molecule has 2 N–H and O–H groups in total. The number of nitrogens with zero attached hydrogens (tertiary/aromatic N) is 2. The molecular formula is C16H19ClN4O. The third kappa shape index (κ3) is 3.95. The first-order chi connectivity index (χ1) is 10.5. The topological polar surface area (TPSA) is 66.9 Å². The lowest BCUT2D eigenvalue weighted by atomic mass is 10.2. The van der Waals surface area contributed by atoms with Crippen molar-refractivity contribution in [1.82, 2.24) is 15.3 Å². The van der Waals surface area contributed by atoms with Crippen LogP contribution in [0.25, 0.3) is 0 Å². The minimum Gasteiger partial charge on any atom is -0.348 e. The molecule has 0 saturated heterocycles. The summed E-state index contributed by atoms with van der Waals surface area (Å²) in [5.41, 5.74) is 2.05. The number of benzene rings is 1. The summed E-state index contributed by atoms with van der Waals surface area (Å²) in [6.45, 7) is 5.87.